The summed E-state index contributed by atoms with van der Waals surface area (Å²) in [6.07, 6.45) is 2.28. The van der Waals surface area contributed by atoms with Crippen LogP contribution in [0.4, 0.5) is 11.4 Å². The van der Waals surface area contributed by atoms with Crippen molar-refractivity contribution in [3.05, 3.63) is 17.7 Å². The Balaban J connectivity index is 2.02. The fraction of sp³-hybridized carbons (Fsp3) is 0.429. The first kappa shape index (κ1) is 12.8. The molecule has 0 aromatic heterocycles. The molecule has 1 aromatic rings. The van der Waals surface area contributed by atoms with Crippen molar-refractivity contribution in [1.82, 2.24) is 0 Å². The molecule has 2 aliphatic rings. The van der Waals surface area contributed by atoms with Gasteiger partial charge in [-0.3, -0.25) is 4.79 Å². The number of rotatable bonds is 3. The second-order valence-electron chi connectivity index (χ2n) is 5.14. The van der Waals surface area contributed by atoms with E-state index in [0.717, 1.165) is 12.8 Å². The van der Waals surface area contributed by atoms with Crippen molar-refractivity contribution in [2.24, 2.45) is 5.92 Å². The molecule has 1 aliphatic carbocycles. The fourth-order valence-corrected chi connectivity index (χ4v) is 2.31. The Morgan fingerprint density at radius 3 is 2.90 bits per heavy atom. The molecule has 2 N–H and O–H groups in total. The summed E-state index contributed by atoms with van der Waals surface area (Å²) in [7, 11) is 1.30. The molecule has 1 heterocycles. The zero-order chi connectivity index (χ0) is 14.3. The maximum atomic E-state index is 12.0. The number of ether oxygens (including phenoxy) is 2. The van der Waals surface area contributed by atoms with Gasteiger partial charge in [0.05, 0.1) is 18.4 Å². The van der Waals surface area contributed by atoms with E-state index in [1.807, 2.05) is 0 Å². The van der Waals surface area contributed by atoms with Crippen molar-refractivity contribution in [3.63, 3.8) is 0 Å². The number of nitrogens with zero attached hydrogens (tertiary/aromatic N) is 1. The number of fused-ring (bicyclic) bond motifs is 1. The molecule has 1 fully saturated rings. The third-order valence-corrected chi connectivity index (χ3v) is 3.62. The van der Waals surface area contributed by atoms with E-state index in [-0.39, 0.29) is 23.8 Å². The summed E-state index contributed by atoms with van der Waals surface area (Å²) in [5.74, 6) is 0.471. The second kappa shape index (κ2) is 4.70. The van der Waals surface area contributed by atoms with Gasteiger partial charge in [0.1, 0.15) is 5.75 Å². The zero-order valence-electron chi connectivity index (χ0n) is 11.2. The maximum absolute atomic E-state index is 12.0. The van der Waals surface area contributed by atoms with Gasteiger partial charge in [-0.25, -0.2) is 4.79 Å². The Kier molecular flexibility index (Phi) is 3.00. The van der Waals surface area contributed by atoms with E-state index in [0.29, 0.717) is 23.9 Å². The second-order valence-corrected chi connectivity index (χ2v) is 5.14. The van der Waals surface area contributed by atoms with Crippen LogP contribution in [-0.4, -0.2) is 32.1 Å². The first-order chi connectivity index (χ1) is 9.60. The van der Waals surface area contributed by atoms with Gasteiger partial charge in [0, 0.05) is 18.3 Å². The van der Waals surface area contributed by atoms with E-state index in [2.05, 4.69) is 0 Å². The average molecular weight is 276 g/mol. The van der Waals surface area contributed by atoms with Gasteiger partial charge >= 0.3 is 5.97 Å². The summed E-state index contributed by atoms with van der Waals surface area (Å²) in [6.45, 7) is 0.677. The van der Waals surface area contributed by atoms with E-state index >= 15 is 0 Å². The van der Waals surface area contributed by atoms with Gasteiger partial charge in [-0.05, 0) is 24.8 Å². The van der Waals surface area contributed by atoms with Crippen LogP contribution < -0.4 is 15.4 Å². The van der Waals surface area contributed by atoms with Crippen molar-refractivity contribution in [1.29, 1.82) is 0 Å². The molecule has 0 saturated heterocycles. The fourth-order valence-electron chi connectivity index (χ4n) is 2.31. The van der Waals surface area contributed by atoms with E-state index in [4.69, 9.17) is 15.2 Å². The molecule has 0 bridgehead atoms. The van der Waals surface area contributed by atoms with Crippen LogP contribution in [0, 0.1) is 5.92 Å². The number of anilines is 2. The molecule has 0 unspecified atom stereocenters. The molecule has 1 amide bonds. The van der Waals surface area contributed by atoms with Crippen molar-refractivity contribution in [3.8, 4) is 5.75 Å². The topological polar surface area (TPSA) is 81.9 Å². The standard InChI is InChI=1S/C14H16N2O4/c1-19-14(18)9-4-11-12(5-10(9)15)20-7-13(17)16(11)6-8-2-3-8/h4-5,8H,2-3,6-7,15H2,1H3. The SMILES string of the molecule is COC(=O)c1cc2c(cc1N)OCC(=O)N2CC1CC1. The summed E-state index contributed by atoms with van der Waals surface area (Å²) >= 11 is 0. The lowest BCUT2D eigenvalue weighted by atomic mass is 10.1. The molecular formula is C14H16N2O4. The number of nitrogens with two attached hydrogens (primary N) is 1. The minimum absolute atomic E-state index is 0.0106. The smallest absolute Gasteiger partial charge is 0.340 e. The molecule has 1 saturated carbocycles. The van der Waals surface area contributed by atoms with E-state index in [9.17, 15) is 9.59 Å². The average Bonchev–Trinajstić information content (AvgIpc) is 3.25. The van der Waals surface area contributed by atoms with Gasteiger partial charge in [-0.2, -0.15) is 0 Å². The lowest BCUT2D eigenvalue weighted by Crippen LogP contribution is -2.40. The number of esters is 1. The van der Waals surface area contributed by atoms with Crippen molar-refractivity contribution in [2.45, 2.75) is 12.8 Å². The number of benzene rings is 1. The molecule has 1 aliphatic heterocycles. The van der Waals surface area contributed by atoms with Crippen molar-refractivity contribution < 1.29 is 19.1 Å². The number of carbonyl (C=O) groups excluding carboxylic acids is 2. The molecule has 6 nitrogen and oxygen atoms in total. The van der Waals surface area contributed by atoms with Gasteiger partial charge in [0.15, 0.2) is 6.61 Å². The highest BCUT2D eigenvalue weighted by Crippen LogP contribution is 2.39. The van der Waals surface area contributed by atoms with E-state index < -0.39 is 5.97 Å². The van der Waals surface area contributed by atoms with Crippen LogP contribution in [0.25, 0.3) is 0 Å². The van der Waals surface area contributed by atoms with Gasteiger partial charge < -0.3 is 20.1 Å². The van der Waals surface area contributed by atoms with Crippen LogP contribution in [0.3, 0.4) is 0 Å². The van der Waals surface area contributed by atoms with E-state index in [1.54, 1.807) is 17.0 Å². The summed E-state index contributed by atoms with van der Waals surface area (Å²) in [5, 5.41) is 0. The molecular weight excluding hydrogens is 260 g/mol. The highest BCUT2D eigenvalue weighted by molar-refractivity contribution is 6.02. The third kappa shape index (κ3) is 2.17. The minimum Gasteiger partial charge on any atom is -0.481 e. The van der Waals surface area contributed by atoms with Crippen molar-refractivity contribution in [2.75, 3.05) is 30.9 Å². The summed E-state index contributed by atoms with van der Waals surface area (Å²) < 4.78 is 10.1. The normalized spacial score (nSPS) is 17.4. The van der Waals surface area contributed by atoms with Gasteiger partial charge in [0.2, 0.25) is 0 Å². The highest BCUT2D eigenvalue weighted by Gasteiger charge is 2.33. The largest absolute Gasteiger partial charge is 0.481 e. The van der Waals surface area contributed by atoms with E-state index in [1.165, 1.54) is 7.11 Å². The Morgan fingerprint density at radius 1 is 1.50 bits per heavy atom. The molecule has 3 rings (SSSR count). The van der Waals surface area contributed by atoms with Gasteiger partial charge in [-0.15, -0.1) is 0 Å². The highest BCUT2D eigenvalue weighted by atomic mass is 16.5. The first-order valence-corrected chi connectivity index (χ1v) is 6.55. The number of methoxy groups -OCH3 is 1. The number of nitrogen functional groups attached to an aromatic ring is 1. The molecule has 106 valence electrons. The molecule has 0 radical (unpaired) electrons. The molecule has 6 heteroatoms. The molecule has 20 heavy (non-hydrogen) atoms. The Labute approximate surface area is 116 Å². The minimum atomic E-state index is -0.519. The summed E-state index contributed by atoms with van der Waals surface area (Å²) in [5.41, 5.74) is 6.97. The molecule has 1 aromatic carbocycles. The third-order valence-electron chi connectivity index (χ3n) is 3.62. The Morgan fingerprint density at radius 2 is 2.25 bits per heavy atom. The monoisotopic (exact) mass is 276 g/mol. The summed E-state index contributed by atoms with van der Waals surface area (Å²) in [6, 6.07) is 3.16. The number of carbonyl (C=O) groups is 2. The number of amides is 1. The van der Waals surface area contributed by atoms with Crippen LogP contribution in [0.5, 0.6) is 5.75 Å². The van der Waals surface area contributed by atoms with Crippen LogP contribution in [0.15, 0.2) is 12.1 Å². The van der Waals surface area contributed by atoms with Crippen LogP contribution >= 0.6 is 0 Å². The summed E-state index contributed by atoms with van der Waals surface area (Å²) in [4.78, 5) is 25.4. The van der Waals surface area contributed by atoms with Crippen LogP contribution in [-0.2, 0) is 9.53 Å². The van der Waals surface area contributed by atoms with Gasteiger partial charge in [-0.1, -0.05) is 0 Å². The number of hydrogen-bond acceptors (Lipinski definition) is 5. The number of hydrogen-bond donors (Lipinski definition) is 1. The maximum Gasteiger partial charge on any atom is 0.340 e. The lowest BCUT2D eigenvalue weighted by Gasteiger charge is -2.30. The zero-order valence-corrected chi connectivity index (χ0v) is 11.2. The Hall–Kier alpha value is -2.24. The van der Waals surface area contributed by atoms with Gasteiger partial charge in [0.25, 0.3) is 5.91 Å². The van der Waals surface area contributed by atoms with Crippen molar-refractivity contribution >= 4 is 23.3 Å². The van der Waals surface area contributed by atoms with Crippen LogP contribution in [0.2, 0.25) is 0 Å². The first-order valence-electron chi connectivity index (χ1n) is 6.55. The lowest BCUT2D eigenvalue weighted by molar-refractivity contribution is -0.121. The predicted molar refractivity (Wildman–Crippen MR) is 72.8 cm³/mol. The predicted octanol–water partition coefficient (Wildman–Crippen LogP) is 1.19. The van der Waals surface area contributed by atoms with Crippen LogP contribution in [0.1, 0.15) is 23.2 Å². The Bertz CT molecular complexity index is 581. The molecule has 0 spiro atoms. The molecule has 0 atom stereocenters. The quantitative estimate of drug-likeness (QED) is 0.662.